The molecule has 0 bridgehead atoms. The van der Waals surface area contributed by atoms with Gasteiger partial charge in [-0.05, 0) is 50.8 Å². The fourth-order valence-corrected chi connectivity index (χ4v) is 4.29. The van der Waals surface area contributed by atoms with Gasteiger partial charge >= 0.3 is 0 Å². The molecule has 3 heterocycles. The van der Waals surface area contributed by atoms with Crippen molar-refractivity contribution in [3.05, 3.63) is 59.4 Å². The Morgan fingerprint density at radius 3 is 2.86 bits per heavy atom. The lowest BCUT2D eigenvalue weighted by molar-refractivity contribution is -0.158. The van der Waals surface area contributed by atoms with Crippen molar-refractivity contribution >= 4 is 5.91 Å². The summed E-state index contributed by atoms with van der Waals surface area (Å²) in [6, 6.07) is 9.93. The molecule has 2 atom stereocenters. The molecular weight excluding hydrogens is 352 g/mol. The number of likely N-dealkylation sites (tertiary alicyclic amines) is 1. The zero-order chi connectivity index (χ0) is 19.7. The molecule has 5 heteroatoms. The molecule has 1 fully saturated rings. The Bertz CT molecular complexity index is 864. The van der Waals surface area contributed by atoms with E-state index in [1.54, 1.807) is 6.20 Å². The number of hydrogen-bond acceptors (Lipinski definition) is 4. The summed E-state index contributed by atoms with van der Waals surface area (Å²) in [6.07, 6.45) is 5.84. The second-order valence-electron chi connectivity index (χ2n) is 8.27. The van der Waals surface area contributed by atoms with E-state index in [1.807, 2.05) is 43.1 Å². The summed E-state index contributed by atoms with van der Waals surface area (Å²) >= 11 is 0. The number of aromatic nitrogens is 1. The van der Waals surface area contributed by atoms with Crippen LogP contribution in [0.3, 0.4) is 0 Å². The van der Waals surface area contributed by atoms with Crippen molar-refractivity contribution in [3.63, 3.8) is 0 Å². The van der Waals surface area contributed by atoms with E-state index < -0.39 is 5.60 Å². The lowest BCUT2D eigenvalue weighted by Crippen LogP contribution is -2.56. The van der Waals surface area contributed by atoms with Crippen LogP contribution >= 0.6 is 0 Å². The molecule has 2 aromatic rings. The Hall–Kier alpha value is -2.40. The van der Waals surface area contributed by atoms with E-state index in [4.69, 9.17) is 9.47 Å². The van der Waals surface area contributed by atoms with E-state index in [0.717, 1.165) is 36.3 Å². The highest BCUT2D eigenvalue weighted by Gasteiger charge is 2.48. The van der Waals surface area contributed by atoms with Crippen molar-refractivity contribution in [3.8, 4) is 5.75 Å². The number of carbonyl (C=O) groups excluding carboxylic acids is 1. The first kappa shape index (κ1) is 18.9. The minimum atomic E-state index is -0.570. The second kappa shape index (κ2) is 7.55. The molecule has 4 rings (SSSR count). The van der Waals surface area contributed by atoms with Crippen LogP contribution in [0.5, 0.6) is 5.75 Å². The number of aryl methyl sites for hydroxylation is 1. The van der Waals surface area contributed by atoms with Gasteiger partial charge in [0.15, 0.2) is 0 Å². The largest absolute Gasteiger partial charge is 0.485 e. The number of piperidine rings is 1. The average molecular weight is 380 g/mol. The molecular formula is C23H28N2O3. The van der Waals surface area contributed by atoms with Gasteiger partial charge in [-0.25, -0.2) is 0 Å². The van der Waals surface area contributed by atoms with Gasteiger partial charge in [0.2, 0.25) is 5.91 Å². The standard InChI is InChI=1S/C23H28N2O3/c1-16-8-4-5-9-17(16)15-27-22-21(25-13-7-6-10-20(25)26)18-14-24-12-11-19(18)28-23(22,2)3/h4-5,8-9,11-12,14,21-22H,6-7,10,13,15H2,1-3H3. The Labute approximate surface area is 166 Å². The van der Waals surface area contributed by atoms with Crippen LogP contribution in [0.1, 0.15) is 55.8 Å². The number of rotatable bonds is 4. The van der Waals surface area contributed by atoms with Gasteiger partial charge in [0.1, 0.15) is 17.5 Å². The number of ether oxygens (including phenoxy) is 2. The topological polar surface area (TPSA) is 51.7 Å². The van der Waals surface area contributed by atoms with Gasteiger partial charge in [0, 0.05) is 30.9 Å². The highest BCUT2D eigenvalue weighted by molar-refractivity contribution is 5.77. The predicted octanol–water partition coefficient (Wildman–Crippen LogP) is 4.20. The fourth-order valence-electron chi connectivity index (χ4n) is 4.29. The summed E-state index contributed by atoms with van der Waals surface area (Å²) < 4.78 is 12.8. The molecule has 5 nitrogen and oxygen atoms in total. The van der Waals surface area contributed by atoms with Crippen molar-refractivity contribution in [2.45, 2.75) is 64.4 Å². The predicted molar refractivity (Wildman–Crippen MR) is 107 cm³/mol. The van der Waals surface area contributed by atoms with Crippen LogP contribution in [-0.2, 0) is 16.1 Å². The lowest BCUT2D eigenvalue weighted by Gasteiger charge is -2.48. The van der Waals surface area contributed by atoms with Gasteiger partial charge in [-0.15, -0.1) is 0 Å². The molecule has 1 saturated heterocycles. The molecule has 1 amide bonds. The first-order chi connectivity index (χ1) is 13.5. The van der Waals surface area contributed by atoms with Crippen LogP contribution in [-0.4, -0.2) is 34.0 Å². The van der Waals surface area contributed by atoms with Crippen LogP contribution in [0.25, 0.3) is 0 Å². The first-order valence-electron chi connectivity index (χ1n) is 10.1. The molecule has 0 aliphatic carbocycles. The van der Waals surface area contributed by atoms with E-state index >= 15 is 0 Å². The Balaban J connectivity index is 1.70. The van der Waals surface area contributed by atoms with Crippen LogP contribution in [0.15, 0.2) is 42.7 Å². The molecule has 28 heavy (non-hydrogen) atoms. The van der Waals surface area contributed by atoms with Gasteiger partial charge in [-0.1, -0.05) is 24.3 Å². The van der Waals surface area contributed by atoms with Gasteiger partial charge in [-0.2, -0.15) is 0 Å². The van der Waals surface area contributed by atoms with Gasteiger partial charge in [0.25, 0.3) is 0 Å². The Morgan fingerprint density at radius 1 is 1.25 bits per heavy atom. The molecule has 0 spiro atoms. The monoisotopic (exact) mass is 380 g/mol. The van der Waals surface area contributed by atoms with Gasteiger partial charge in [-0.3, -0.25) is 9.78 Å². The summed E-state index contributed by atoms with van der Waals surface area (Å²) in [6.45, 7) is 7.41. The van der Waals surface area contributed by atoms with Crippen LogP contribution in [0, 0.1) is 6.92 Å². The summed E-state index contributed by atoms with van der Waals surface area (Å²) in [7, 11) is 0. The van der Waals surface area contributed by atoms with E-state index in [9.17, 15) is 4.79 Å². The van der Waals surface area contributed by atoms with E-state index in [0.29, 0.717) is 13.0 Å². The number of fused-ring (bicyclic) bond motifs is 1. The molecule has 2 aliphatic rings. The quantitative estimate of drug-likeness (QED) is 0.798. The number of pyridine rings is 1. The lowest BCUT2D eigenvalue weighted by atomic mass is 9.85. The highest BCUT2D eigenvalue weighted by atomic mass is 16.6. The van der Waals surface area contributed by atoms with Crippen LogP contribution in [0.4, 0.5) is 0 Å². The van der Waals surface area contributed by atoms with Crippen molar-refractivity contribution < 1.29 is 14.3 Å². The minimum Gasteiger partial charge on any atom is -0.485 e. The maximum Gasteiger partial charge on any atom is 0.223 e. The fraction of sp³-hybridized carbons (Fsp3) is 0.478. The maximum atomic E-state index is 12.8. The van der Waals surface area contributed by atoms with Crippen molar-refractivity contribution in [1.29, 1.82) is 0 Å². The van der Waals surface area contributed by atoms with E-state index in [1.165, 1.54) is 5.56 Å². The molecule has 148 valence electrons. The zero-order valence-electron chi connectivity index (χ0n) is 16.9. The van der Waals surface area contributed by atoms with Crippen molar-refractivity contribution in [2.24, 2.45) is 0 Å². The summed E-state index contributed by atoms with van der Waals surface area (Å²) in [5.41, 5.74) is 2.72. The maximum absolute atomic E-state index is 12.8. The molecule has 2 aliphatic heterocycles. The van der Waals surface area contributed by atoms with Crippen LogP contribution in [0.2, 0.25) is 0 Å². The third-order valence-corrected chi connectivity index (χ3v) is 5.85. The van der Waals surface area contributed by atoms with E-state index in [2.05, 4.69) is 24.0 Å². The molecule has 0 N–H and O–H groups in total. The molecule has 2 unspecified atom stereocenters. The summed E-state index contributed by atoms with van der Waals surface area (Å²) in [4.78, 5) is 19.1. The number of benzene rings is 1. The van der Waals surface area contributed by atoms with E-state index in [-0.39, 0.29) is 18.1 Å². The van der Waals surface area contributed by atoms with Crippen LogP contribution < -0.4 is 4.74 Å². The third-order valence-electron chi connectivity index (χ3n) is 5.85. The second-order valence-corrected chi connectivity index (χ2v) is 8.27. The van der Waals surface area contributed by atoms with Gasteiger partial charge in [0.05, 0.1) is 12.6 Å². The number of amides is 1. The molecule has 0 saturated carbocycles. The minimum absolute atomic E-state index is 0.188. The van der Waals surface area contributed by atoms with Crippen molar-refractivity contribution in [1.82, 2.24) is 9.88 Å². The average Bonchev–Trinajstić information content (AvgIpc) is 2.67. The molecule has 1 aromatic carbocycles. The molecule has 0 radical (unpaired) electrons. The third kappa shape index (κ3) is 3.51. The zero-order valence-corrected chi connectivity index (χ0v) is 16.9. The van der Waals surface area contributed by atoms with Crippen molar-refractivity contribution in [2.75, 3.05) is 6.54 Å². The number of hydrogen-bond donors (Lipinski definition) is 0. The molecule has 1 aromatic heterocycles. The number of nitrogens with zero attached hydrogens (tertiary/aromatic N) is 2. The number of carbonyl (C=O) groups is 1. The SMILES string of the molecule is Cc1ccccc1COC1C(N2CCCCC2=O)c2cnccc2OC1(C)C. The smallest absolute Gasteiger partial charge is 0.223 e. The summed E-state index contributed by atoms with van der Waals surface area (Å²) in [5, 5.41) is 0. The Morgan fingerprint density at radius 2 is 2.07 bits per heavy atom. The normalized spacial score (nSPS) is 23.8. The first-order valence-corrected chi connectivity index (χ1v) is 10.1. The van der Waals surface area contributed by atoms with Gasteiger partial charge < -0.3 is 14.4 Å². The highest BCUT2D eigenvalue weighted by Crippen LogP contribution is 2.45. The summed E-state index contributed by atoms with van der Waals surface area (Å²) in [5.74, 6) is 0.979. The Kier molecular flexibility index (Phi) is 5.11.